The van der Waals surface area contributed by atoms with Crippen LogP contribution in [0.1, 0.15) is 32.1 Å². The molecule has 3 nitrogen and oxygen atoms in total. The number of ether oxygens (including phenoxy) is 2. The van der Waals surface area contributed by atoms with Gasteiger partial charge in [-0.05, 0) is 18.8 Å². The predicted molar refractivity (Wildman–Crippen MR) is 44.9 cm³/mol. The van der Waals surface area contributed by atoms with E-state index in [1.54, 1.807) is 0 Å². The molecule has 0 unspecified atom stereocenters. The third kappa shape index (κ3) is 3.11. The summed E-state index contributed by atoms with van der Waals surface area (Å²) in [6, 6.07) is 0. The van der Waals surface area contributed by atoms with E-state index in [0.29, 0.717) is 12.5 Å². The quantitative estimate of drug-likeness (QED) is 0.600. The molecular weight excluding hydrogens is 156 g/mol. The molecule has 12 heavy (non-hydrogen) atoms. The second-order valence-corrected chi connectivity index (χ2v) is 3.27. The Morgan fingerprint density at radius 3 is 2.58 bits per heavy atom. The Morgan fingerprint density at radius 2 is 2.00 bits per heavy atom. The van der Waals surface area contributed by atoms with Gasteiger partial charge in [-0.25, -0.2) is 4.79 Å². The molecule has 0 radical (unpaired) electrons. The molecule has 1 fully saturated rings. The van der Waals surface area contributed by atoms with Crippen LogP contribution in [0.15, 0.2) is 0 Å². The number of rotatable bonds is 2. The van der Waals surface area contributed by atoms with E-state index in [-0.39, 0.29) is 0 Å². The maximum atomic E-state index is 10.6. The smallest absolute Gasteiger partial charge is 0.438 e. The number of carbonyl (C=O) groups is 1. The van der Waals surface area contributed by atoms with Crippen molar-refractivity contribution in [2.45, 2.75) is 32.1 Å². The Morgan fingerprint density at radius 1 is 1.33 bits per heavy atom. The minimum atomic E-state index is -0.555. The molecule has 0 saturated heterocycles. The molecule has 0 atom stereocenters. The molecule has 0 aliphatic heterocycles. The highest BCUT2D eigenvalue weighted by Gasteiger charge is 2.15. The highest BCUT2D eigenvalue weighted by atomic mass is 16.7. The maximum absolute atomic E-state index is 10.6. The van der Waals surface area contributed by atoms with Gasteiger partial charge in [0.05, 0.1) is 13.7 Å². The average molecular weight is 172 g/mol. The van der Waals surface area contributed by atoms with E-state index in [1.807, 2.05) is 0 Å². The summed E-state index contributed by atoms with van der Waals surface area (Å²) in [5.41, 5.74) is 0. The molecular formula is C9H16O3. The van der Waals surface area contributed by atoms with Crippen molar-refractivity contribution in [3.63, 3.8) is 0 Å². The molecule has 1 saturated carbocycles. The van der Waals surface area contributed by atoms with Gasteiger partial charge in [-0.2, -0.15) is 0 Å². The molecule has 0 heterocycles. The van der Waals surface area contributed by atoms with Gasteiger partial charge in [0.25, 0.3) is 0 Å². The van der Waals surface area contributed by atoms with Crippen LogP contribution in [-0.4, -0.2) is 19.9 Å². The largest absolute Gasteiger partial charge is 0.507 e. The van der Waals surface area contributed by atoms with Gasteiger partial charge in [-0.15, -0.1) is 0 Å². The van der Waals surface area contributed by atoms with Crippen molar-refractivity contribution < 1.29 is 14.3 Å². The molecule has 0 aromatic carbocycles. The molecule has 0 aromatic rings. The van der Waals surface area contributed by atoms with Gasteiger partial charge in [0.15, 0.2) is 0 Å². The lowest BCUT2D eigenvalue weighted by atomic mass is 9.90. The SMILES string of the molecule is COC(=O)OCC1CCCCC1. The van der Waals surface area contributed by atoms with E-state index >= 15 is 0 Å². The van der Waals surface area contributed by atoms with Crippen molar-refractivity contribution in [1.82, 2.24) is 0 Å². The van der Waals surface area contributed by atoms with Crippen molar-refractivity contribution in [2.75, 3.05) is 13.7 Å². The lowest BCUT2D eigenvalue weighted by Crippen LogP contribution is -2.16. The molecule has 1 aliphatic rings. The van der Waals surface area contributed by atoms with E-state index in [1.165, 1.54) is 39.2 Å². The lowest BCUT2D eigenvalue weighted by Gasteiger charge is -2.20. The lowest BCUT2D eigenvalue weighted by molar-refractivity contribution is 0.0545. The van der Waals surface area contributed by atoms with Crippen LogP contribution in [0.4, 0.5) is 4.79 Å². The summed E-state index contributed by atoms with van der Waals surface area (Å²) in [4.78, 5) is 10.6. The third-order valence-corrected chi connectivity index (χ3v) is 2.33. The van der Waals surface area contributed by atoms with Crippen LogP contribution in [-0.2, 0) is 9.47 Å². The van der Waals surface area contributed by atoms with Crippen LogP contribution in [0, 0.1) is 5.92 Å². The first-order chi connectivity index (χ1) is 5.83. The highest BCUT2D eigenvalue weighted by Crippen LogP contribution is 2.23. The Labute approximate surface area is 73.0 Å². The van der Waals surface area contributed by atoms with Crippen LogP contribution in [0.5, 0.6) is 0 Å². The van der Waals surface area contributed by atoms with E-state index < -0.39 is 6.16 Å². The fourth-order valence-electron chi connectivity index (χ4n) is 1.60. The fraction of sp³-hybridized carbons (Fsp3) is 0.889. The zero-order valence-electron chi connectivity index (χ0n) is 7.54. The van der Waals surface area contributed by atoms with Gasteiger partial charge in [-0.1, -0.05) is 19.3 Å². The summed E-state index contributed by atoms with van der Waals surface area (Å²) in [7, 11) is 1.34. The number of hydrogen-bond donors (Lipinski definition) is 0. The van der Waals surface area contributed by atoms with E-state index in [2.05, 4.69) is 4.74 Å². The van der Waals surface area contributed by atoms with Gasteiger partial charge in [0.2, 0.25) is 0 Å². The van der Waals surface area contributed by atoms with Crippen molar-refractivity contribution in [1.29, 1.82) is 0 Å². The van der Waals surface area contributed by atoms with E-state index in [4.69, 9.17) is 4.74 Å². The second-order valence-electron chi connectivity index (χ2n) is 3.27. The molecule has 0 bridgehead atoms. The van der Waals surface area contributed by atoms with Crippen molar-refractivity contribution >= 4 is 6.16 Å². The van der Waals surface area contributed by atoms with Crippen molar-refractivity contribution in [2.24, 2.45) is 5.92 Å². The maximum Gasteiger partial charge on any atom is 0.507 e. The van der Waals surface area contributed by atoms with E-state index in [9.17, 15) is 4.79 Å². The Bertz CT molecular complexity index is 139. The Balaban J connectivity index is 2.09. The first kappa shape index (κ1) is 9.36. The summed E-state index contributed by atoms with van der Waals surface area (Å²) in [5, 5.41) is 0. The van der Waals surface area contributed by atoms with Crippen LogP contribution in [0.2, 0.25) is 0 Å². The molecule has 0 aromatic heterocycles. The van der Waals surface area contributed by atoms with Crippen molar-refractivity contribution in [3.05, 3.63) is 0 Å². The van der Waals surface area contributed by atoms with Crippen LogP contribution >= 0.6 is 0 Å². The number of carbonyl (C=O) groups excluding carboxylic acids is 1. The third-order valence-electron chi connectivity index (χ3n) is 2.33. The van der Waals surface area contributed by atoms with Gasteiger partial charge in [-0.3, -0.25) is 0 Å². The summed E-state index contributed by atoms with van der Waals surface area (Å²) >= 11 is 0. The molecule has 0 N–H and O–H groups in total. The van der Waals surface area contributed by atoms with Crippen LogP contribution in [0.25, 0.3) is 0 Å². The van der Waals surface area contributed by atoms with E-state index in [0.717, 1.165) is 0 Å². The first-order valence-electron chi connectivity index (χ1n) is 4.53. The van der Waals surface area contributed by atoms with Crippen molar-refractivity contribution in [3.8, 4) is 0 Å². The molecule has 70 valence electrons. The fourth-order valence-corrected chi connectivity index (χ4v) is 1.60. The van der Waals surface area contributed by atoms with Gasteiger partial charge >= 0.3 is 6.16 Å². The van der Waals surface area contributed by atoms with Gasteiger partial charge in [0.1, 0.15) is 0 Å². The highest BCUT2D eigenvalue weighted by molar-refractivity contribution is 5.59. The minimum Gasteiger partial charge on any atom is -0.438 e. The Hall–Kier alpha value is -0.730. The average Bonchev–Trinajstić information content (AvgIpc) is 2.16. The van der Waals surface area contributed by atoms with Crippen LogP contribution < -0.4 is 0 Å². The van der Waals surface area contributed by atoms with Gasteiger partial charge < -0.3 is 9.47 Å². The predicted octanol–water partition coefficient (Wildman–Crippen LogP) is 2.35. The zero-order chi connectivity index (χ0) is 8.81. The monoisotopic (exact) mass is 172 g/mol. The van der Waals surface area contributed by atoms with Gasteiger partial charge in [0, 0.05) is 0 Å². The summed E-state index contributed by atoms with van der Waals surface area (Å²) in [6.07, 6.45) is 5.70. The first-order valence-corrected chi connectivity index (χ1v) is 4.53. The normalized spacial score (nSPS) is 18.8. The molecule has 0 amide bonds. The number of hydrogen-bond acceptors (Lipinski definition) is 3. The molecule has 1 aliphatic carbocycles. The minimum absolute atomic E-state index is 0.534. The Kier molecular flexibility index (Phi) is 3.91. The molecule has 0 spiro atoms. The standard InChI is InChI=1S/C9H16O3/c1-11-9(10)12-7-8-5-3-2-4-6-8/h8H,2-7H2,1H3. The number of methoxy groups -OCH3 is 1. The summed E-state index contributed by atoms with van der Waals surface area (Å²) < 4.78 is 9.25. The molecule has 3 heteroatoms. The zero-order valence-corrected chi connectivity index (χ0v) is 7.54. The molecule has 1 rings (SSSR count). The van der Waals surface area contributed by atoms with Crippen LogP contribution in [0.3, 0.4) is 0 Å². The second kappa shape index (κ2) is 5.01. The summed E-state index contributed by atoms with van der Waals surface area (Å²) in [6.45, 7) is 0.534. The topological polar surface area (TPSA) is 35.5 Å². The summed E-state index contributed by atoms with van der Waals surface area (Å²) in [5.74, 6) is 0.567.